The molecule has 4 atom stereocenters. The van der Waals surface area contributed by atoms with Gasteiger partial charge in [-0.05, 0) is 74.6 Å². The Balaban J connectivity index is 0.000000181. The zero-order chi connectivity index (χ0) is 43.3. The van der Waals surface area contributed by atoms with Crippen LogP contribution in [0.1, 0.15) is 94.6 Å². The van der Waals surface area contributed by atoms with Crippen molar-refractivity contribution < 1.29 is 63.1 Å². The first-order valence-corrected chi connectivity index (χ1v) is 18.5. The molecule has 0 aliphatic carbocycles. The fourth-order valence-corrected chi connectivity index (χ4v) is 7.43. The smallest absolute Gasteiger partial charge is 0.337 e. The zero-order valence-corrected chi connectivity index (χ0v) is 30.8. The Morgan fingerprint density at radius 3 is 1.35 bits per heavy atom. The van der Waals surface area contributed by atoms with Crippen molar-refractivity contribution in [2.45, 2.75) is 101 Å². The van der Waals surface area contributed by atoms with E-state index in [0.717, 1.165) is 12.1 Å². The first-order chi connectivity index (χ1) is 28.3. The first-order valence-electron chi connectivity index (χ1n) is 18.5. The van der Waals surface area contributed by atoms with E-state index in [-0.39, 0.29) is 98.4 Å². The number of benzene rings is 2. The van der Waals surface area contributed by atoms with Crippen LogP contribution >= 0.6 is 0 Å². The number of carbonyl (C=O) groups excluding carboxylic acids is 4. The van der Waals surface area contributed by atoms with Gasteiger partial charge in [0.15, 0.2) is 0 Å². The molecule has 4 aliphatic heterocycles. The summed E-state index contributed by atoms with van der Waals surface area (Å²) in [6.45, 7) is 0. The molecule has 0 spiro atoms. The molecule has 0 unspecified atom stereocenters. The molecule has 4 aliphatic rings. The number of nitrogens with one attached hydrogen (secondary N) is 4. The van der Waals surface area contributed by atoms with E-state index in [9.17, 15) is 63.1 Å². The number of aryl methyl sites for hydroxylation is 4. The van der Waals surface area contributed by atoms with E-state index < -0.39 is 95.1 Å². The molecule has 2 aromatic carbocycles. The molecular formula is C36H32F10N10O4. The number of carbonyl (C=O) groups is 4. The second kappa shape index (κ2) is 16.2. The van der Waals surface area contributed by atoms with Gasteiger partial charge in [-0.2, -0.15) is 26.3 Å². The lowest BCUT2D eigenvalue weighted by Gasteiger charge is -2.25. The average molecular weight is 859 g/mol. The predicted octanol–water partition coefficient (Wildman–Crippen LogP) is 5.36. The normalized spacial score (nSPS) is 21.3. The summed E-state index contributed by atoms with van der Waals surface area (Å²) in [6.07, 6.45) is -8.10. The molecule has 4 amide bonds. The minimum absolute atomic E-state index is 0.0339. The lowest BCUT2D eigenvalue weighted by Crippen LogP contribution is -2.43. The largest absolute Gasteiger partial charge is 0.410 e. The molecular weight excluding hydrogens is 826 g/mol. The van der Waals surface area contributed by atoms with Crippen molar-refractivity contribution >= 4 is 35.0 Å². The fourth-order valence-electron chi connectivity index (χ4n) is 7.43. The lowest BCUT2D eigenvalue weighted by atomic mass is 10.1. The highest BCUT2D eigenvalue weighted by Gasteiger charge is 2.46. The summed E-state index contributed by atoms with van der Waals surface area (Å²) in [7, 11) is 0. The monoisotopic (exact) mass is 858 g/mol. The van der Waals surface area contributed by atoms with Gasteiger partial charge in [-0.15, -0.1) is 10.2 Å². The van der Waals surface area contributed by atoms with Crippen LogP contribution < -0.4 is 21.3 Å². The molecule has 0 radical (unpaired) electrons. The van der Waals surface area contributed by atoms with Crippen LogP contribution in [0.4, 0.5) is 55.3 Å². The Kier molecular flexibility index (Phi) is 11.3. The van der Waals surface area contributed by atoms with Gasteiger partial charge in [0.25, 0.3) is 11.8 Å². The minimum Gasteiger partial charge on any atom is -0.337 e. The number of amides is 4. The zero-order valence-electron chi connectivity index (χ0n) is 30.8. The number of rotatable bonds is 4. The van der Waals surface area contributed by atoms with Gasteiger partial charge in [-0.1, -0.05) is 0 Å². The van der Waals surface area contributed by atoms with Crippen molar-refractivity contribution in [1.29, 1.82) is 0 Å². The van der Waals surface area contributed by atoms with E-state index >= 15 is 0 Å². The topological polar surface area (TPSA) is 178 Å². The molecule has 4 aromatic rings. The minimum atomic E-state index is -4.52. The molecule has 4 N–H and O–H groups in total. The van der Waals surface area contributed by atoms with Crippen molar-refractivity contribution in [2.75, 3.05) is 10.6 Å². The van der Waals surface area contributed by atoms with E-state index in [1.54, 1.807) is 0 Å². The molecule has 24 heteroatoms. The van der Waals surface area contributed by atoms with Crippen molar-refractivity contribution in [3.8, 4) is 0 Å². The number of halogens is 10. The third-order valence-corrected chi connectivity index (χ3v) is 10.3. The summed E-state index contributed by atoms with van der Waals surface area (Å²) in [5, 5.41) is 16.8. The number of fused-ring (bicyclic) bond motifs is 4. The maximum absolute atomic E-state index is 13.9. The number of hydrogen-bond acceptors (Lipinski definition) is 8. The molecule has 0 fully saturated rings. The Bertz CT molecular complexity index is 2200. The average Bonchev–Trinajstić information content (AvgIpc) is 3.74. The van der Waals surface area contributed by atoms with Crippen molar-refractivity contribution in [3.63, 3.8) is 0 Å². The standard InChI is InChI=1S/2C18H16F5N5O2/c2*19-9-6-8-4-5-11(16(29)26-14(8)10(20)7-9)24-17(30)15-25-13-3-1-2-12(18(21,22)23)28(13)27-15/h2*6-7,11-12H,1-5H2,(H,24,30)(H,26,29)/t11-,12+;11-,12-/m00/s1. The lowest BCUT2D eigenvalue weighted by molar-refractivity contribution is -0.175. The van der Waals surface area contributed by atoms with Crippen molar-refractivity contribution in [1.82, 2.24) is 40.2 Å². The molecule has 6 heterocycles. The summed E-state index contributed by atoms with van der Waals surface area (Å²) >= 11 is 0. The molecule has 0 saturated heterocycles. The third kappa shape index (κ3) is 8.76. The van der Waals surface area contributed by atoms with Crippen LogP contribution in [0, 0.1) is 23.3 Å². The summed E-state index contributed by atoms with van der Waals surface area (Å²) in [6, 6.07) is -2.51. The van der Waals surface area contributed by atoms with E-state index in [1.807, 2.05) is 0 Å². The fraction of sp³-hybridized carbons (Fsp3) is 0.444. The van der Waals surface area contributed by atoms with E-state index in [1.165, 1.54) is 0 Å². The molecule has 60 heavy (non-hydrogen) atoms. The highest BCUT2D eigenvalue weighted by molar-refractivity contribution is 6.01. The van der Waals surface area contributed by atoms with Crippen LogP contribution in [0.15, 0.2) is 24.3 Å². The molecule has 0 saturated carbocycles. The third-order valence-electron chi connectivity index (χ3n) is 10.3. The maximum Gasteiger partial charge on any atom is 0.410 e. The molecule has 0 bridgehead atoms. The van der Waals surface area contributed by atoms with Gasteiger partial charge < -0.3 is 21.3 Å². The van der Waals surface area contributed by atoms with Crippen LogP contribution in [-0.4, -0.2) is 77.6 Å². The van der Waals surface area contributed by atoms with Crippen LogP contribution in [-0.2, 0) is 35.3 Å². The summed E-state index contributed by atoms with van der Waals surface area (Å²) in [5.74, 6) is -7.64. The van der Waals surface area contributed by atoms with Gasteiger partial charge in [0.1, 0.15) is 59.1 Å². The molecule has 14 nitrogen and oxygen atoms in total. The van der Waals surface area contributed by atoms with Crippen LogP contribution in [0.25, 0.3) is 0 Å². The highest BCUT2D eigenvalue weighted by atomic mass is 19.4. The van der Waals surface area contributed by atoms with Crippen LogP contribution in [0.3, 0.4) is 0 Å². The number of anilines is 2. The first kappa shape index (κ1) is 42.0. The van der Waals surface area contributed by atoms with Crippen molar-refractivity contribution in [3.05, 3.63) is 82.0 Å². The van der Waals surface area contributed by atoms with Gasteiger partial charge in [-0.25, -0.2) is 36.9 Å². The Morgan fingerprint density at radius 1 is 0.600 bits per heavy atom. The number of aromatic nitrogens is 6. The van der Waals surface area contributed by atoms with Crippen LogP contribution in [0.2, 0.25) is 0 Å². The number of hydrogen-bond donors (Lipinski definition) is 4. The van der Waals surface area contributed by atoms with E-state index in [4.69, 9.17) is 0 Å². The number of alkyl halides is 6. The second-order valence-corrected chi connectivity index (χ2v) is 14.4. The molecule has 8 rings (SSSR count). The predicted molar refractivity (Wildman–Crippen MR) is 185 cm³/mol. The van der Waals surface area contributed by atoms with E-state index in [2.05, 4.69) is 41.4 Å². The maximum atomic E-state index is 13.9. The van der Waals surface area contributed by atoms with Crippen molar-refractivity contribution in [2.24, 2.45) is 0 Å². The van der Waals surface area contributed by atoms with Gasteiger partial charge in [0.05, 0.1) is 11.4 Å². The summed E-state index contributed by atoms with van der Waals surface area (Å²) in [5.41, 5.74) is 0.144. The van der Waals surface area contributed by atoms with Gasteiger partial charge in [0, 0.05) is 25.0 Å². The number of nitrogens with zero attached hydrogens (tertiary/aromatic N) is 6. The Labute approximate surface area is 331 Å². The Hall–Kier alpha value is -6.10. The molecule has 320 valence electrons. The summed E-state index contributed by atoms with van der Waals surface area (Å²) in [4.78, 5) is 57.5. The Morgan fingerprint density at radius 2 is 0.983 bits per heavy atom. The molecule has 2 aromatic heterocycles. The SMILES string of the molecule is O=C(N[C@H]1CCc2cc(F)cc(F)c2NC1=O)c1nc2n(n1)[C@@H](C(F)(F)F)CCC2.O=C(N[C@H]1CCc2cc(F)cc(F)c2NC1=O)c1nc2n(n1)[C@H](C(F)(F)F)CCC2. The quantitative estimate of drug-likeness (QED) is 0.198. The summed E-state index contributed by atoms with van der Waals surface area (Å²) < 4.78 is 135. The second-order valence-electron chi connectivity index (χ2n) is 14.4. The van der Waals surface area contributed by atoms with Gasteiger partial charge >= 0.3 is 12.4 Å². The van der Waals surface area contributed by atoms with Gasteiger partial charge in [0.2, 0.25) is 23.5 Å². The van der Waals surface area contributed by atoms with Crippen LogP contribution in [0.5, 0.6) is 0 Å². The van der Waals surface area contributed by atoms with Gasteiger partial charge in [-0.3, -0.25) is 19.2 Å². The highest BCUT2D eigenvalue weighted by Crippen LogP contribution is 2.39. The van der Waals surface area contributed by atoms with E-state index in [0.29, 0.717) is 21.5 Å².